The molecule has 0 heterocycles. The molecule has 0 fully saturated rings. The van der Waals surface area contributed by atoms with Crippen molar-refractivity contribution in [3.8, 4) is 5.75 Å². The first-order chi connectivity index (χ1) is 21.5. The lowest BCUT2D eigenvalue weighted by atomic mass is 9.97. The Hall–Kier alpha value is -4.41. The molecule has 47 heavy (non-hydrogen) atoms. The Bertz CT molecular complexity index is 1470. The molecule has 0 aliphatic rings. The van der Waals surface area contributed by atoms with E-state index in [1.807, 2.05) is 19.9 Å². The Kier molecular flexibility index (Phi) is 12.4. The van der Waals surface area contributed by atoms with Crippen molar-refractivity contribution < 1.29 is 38.2 Å². The van der Waals surface area contributed by atoms with Crippen molar-refractivity contribution in [2.24, 2.45) is 5.41 Å². The number of aryl methyl sites for hydroxylation is 2. The molecule has 0 radical (unpaired) electrons. The predicted octanol–water partition coefficient (Wildman–Crippen LogP) is 6.62. The molecule has 0 aliphatic heterocycles. The predicted molar refractivity (Wildman–Crippen MR) is 179 cm³/mol. The van der Waals surface area contributed by atoms with Gasteiger partial charge in [-0.15, -0.1) is 5.01 Å². The number of hydrogen-bond donors (Lipinski definition) is 0. The fourth-order valence-electron chi connectivity index (χ4n) is 5.12. The van der Waals surface area contributed by atoms with Crippen molar-refractivity contribution in [1.82, 2.24) is 14.9 Å². The number of rotatable bonds is 8. The highest BCUT2D eigenvalue weighted by molar-refractivity contribution is 6.07. The zero-order chi connectivity index (χ0) is 36.2. The Morgan fingerprint density at radius 2 is 1.28 bits per heavy atom. The number of imide groups is 1. The molecule has 0 saturated carbocycles. The van der Waals surface area contributed by atoms with Crippen LogP contribution >= 0.6 is 0 Å². The molecular formula is C36H51N3O8. The summed E-state index contributed by atoms with van der Waals surface area (Å²) >= 11 is 0. The fourth-order valence-corrected chi connectivity index (χ4v) is 5.12. The molecular weight excluding hydrogens is 602 g/mol. The van der Waals surface area contributed by atoms with Crippen LogP contribution in [0.5, 0.6) is 5.75 Å². The maximum atomic E-state index is 14.5. The highest BCUT2D eigenvalue weighted by Crippen LogP contribution is 2.29. The summed E-state index contributed by atoms with van der Waals surface area (Å²) in [5.41, 5.74) is 0.0341. The summed E-state index contributed by atoms with van der Waals surface area (Å²) in [6.07, 6.45) is -3.45. The summed E-state index contributed by atoms with van der Waals surface area (Å²) in [5, 5.41) is 1.57. The molecule has 0 spiro atoms. The number of hydrogen-bond acceptors (Lipinski definition) is 8. The van der Waals surface area contributed by atoms with Gasteiger partial charge in [0.25, 0.3) is 11.8 Å². The SMILES string of the molecule is COc1cccc(C(=O)N(C(=O)OC(OC(=O)C(C)(C)C)C(=O)N(C(C)C)C(C)C)N(C(=O)c2cc(C)cc(C)c2)C(C)(C)C)c1C. The van der Waals surface area contributed by atoms with Crippen molar-refractivity contribution in [3.63, 3.8) is 0 Å². The van der Waals surface area contributed by atoms with Gasteiger partial charge in [-0.3, -0.25) is 19.2 Å². The maximum Gasteiger partial charge on any atom is 0.440 e. The molecule has 258 valence electrons. The molecule has 4 amide bonds. The topological polar surface area (TPSA) is 123 Å². The minimum Gasteiger partial charge on any atom is -0.496 e. The summed E-state index contributed by atoms with van der Waals surface area (Å²) < 4.78 is 16.6. The second kappa shape index (κ2) is 15.0. The average molecular weight is 654 g/mol. The molecule has 1 unspecified atom stereocenters. The number of carbonyl (C=O) groups excluding carboxylic acids is 5. The van der Waals surface area contributed by atoms with E-state index in [0.717, 1.165) is 16.1 Å². The van der Waals surface area contributed by atoms with Crippen LogP contribution in [0.1, 0.15) is 107 Å². The third kappa shape index (κ3) is 9.33. The van der Waals surface area contributed by atoms with Gasteiger partial charge < -0.3 is 19.1 Å². The van der Waals surface area contributed by atoms with Crippen molar-refractivity contribution in [3.05, 3.63) is 64.2 Å². The molecule has 2 rings (SSSR count). The Morgan fingerprint density at radius 3 is 1.72 bits per heavy atom. The average Bonchev–Trinajstić information content (AvgIpc) is 2.92. The van der Waals surface area contributed by atoms with Gasteiger partial charge in [-0.25, -0.2) is 9.80 Å². The molecule has 0 N–H and O–H groups in total. The second-order valence-electron chi connectivity index (χ2n) is 14.2. The van der Waals surface area contributed by atoms with Crippen molar-refractivity contribution in [2.75, 3.05) is 7.11 Å². The number of nitrogens with zero attached hydrogens (tertiary/aromatic N) is 3. The van der Waals surface area contributed by atoms with Gasteiger partial charge in [0.1, 0.15) is 5.75 Å². The summed E-state index contributed by atoms with van der Waals surface area (Å²) in [5.74, 6) is -2.82. The number of amides is 4. The first-order valence-electron chi connectivity index (χ1n) is 15.7. The van der Waals surface area contributed by atoms with E-state index in [2.05, 4.69) is 0 Å². The number of esters is 1. The lowest BCUT2D eigenvalue weighted by Crippen LogP contribution is -2.61. The number of carbonyl (C=O) groups is 5. The molecule has 0 saturated heterocycles. The normalized spacial score (nSPS) is 12.3. The molecule has 2 aromatic carbocycles. The van der Waals surface area contributed by atoms with E-state index >= 15 is 0 Å². The van der Waals surface area contributed by atoms with Gasteiger partial charge in [0.15, 0.2) is 0 Å². The van der Waals surface area contributed by atoms with Crippen LogP contribution < -0.4 is 4.74 Å². The van der Waals surface area contributed by atoms with Gasteiger partial charge in [-0.1, -0.05) is 23.3 Å². The van der Waals surface area contributed by atoms with Gasteiger partial charge >= 0.3 is 24.3 Å². The van der Waals surface area contributed by atoms with Crippen LogP contribution in [-0.2, 0) is 19.1 Å². The Labute approximate surface area is 279 Å². The highest BCUT2D eigenvalue weighted by atomic mass is 16.7. The van der Waals surface area contributed by atoms with Crippen LogP contribution in [0.4, 0.5) is 4.79 Å². The highest BCUT2D eigenvalue weighted by Gasteiger charge is 2.45. The Balaban J connectivity index is 2.85. The van der Waals surface area contributed by atoms with Crippen LogP contribution in [-0.4, -0.2) is 75.7 Å². The Morgan fingerprint density at radius 1 is 0.745 bits per heavy atom. The van der Waals surface area contributed by atoms with Gasteiger partial charge in [0.05, 0.1) is 18.1 Å². The fraction of sp³-hybridized carbons (Fsp3) is 0.528. The van der Waals surface area contributed by atoms with Gasteiger partial charge in [0, 0.05) is 28.8 Å². The second-order valence-corrected chi connectivity index (χ2v) is 14.2. The zero-order valence-corrected chi connectivity index (χ0v) is 30.3. The van der Waals surface area contributed by atoms with Crippen LogP contribution in [0.2, 0.25) is 0 Å². The largest absolute Gasteiger partial charge is 0.496 e. The maximum absolute atomic E-state index is 14.5. The minimum absolute atomic E-state index is 0.0457. The van der Waals surface area contributed by atoms with E-state index in [0.29, 0.717) is 16.3 Å². The molecule has 0 aliphatic carbocycles. The third-order valence-electron chi connectivity index (χ3n) is 7.20. The van der Waals surface area contributed by atoms with E-state index < -0.39 is 47.0 Å². The standard InChI is InChI=1S/C36H51N3O8/c1-21(2)37(22(3)4)31(42)32(46-33(43)35(8,9)10)47-34(44)38(30(41)27-16-15-17-28(45-14)25(27)7)39(36(11,12)13)29(40)26-19-23(5)18-24(6)20-26/h15-22,32H,1-14H3. The van der Waals surface area contributed by atoms with Crippen LogP contribution in [0, 0.1) is 26.2 Å². The van der Waals surface area contributed by atoms with Gasteiger partial charge in [-0.2, -0.15) is 0 Å². The lowest BCUT2D eigenvalue weighted by Gasteiger charge is -2.42. The summed E-state index contributed by atoms with van der Waals surface area (Å²) in [7, 11) is 1.45. The molecule has 11 heteroatoms. The van der Waals surface area contributed by atoms with Gasteiger partial charge in [0.2, 0.25) is 0 Å². The lowest BCUT2D eigenvalue weighted by molar-refractivity contribution is -0.193. The monoisotopic (exact) mass is 653 g/mol. The molecule has 0 aromatic heterocycles. The number of benzene rings is 2. The van der Waals surface area contributed by atoms with Crippen LogP contribution in [0.25, 0.3) is 0 Å². The van der Waals surface area contributed by atoms with E-state index in [-0.39, 0.29) is 23.2 Å². The number of hydrazine groups is 1. The summed E-state index contributed by atoms with van der Waals surface area (Å²) in [6, 6.07) is 9.21. The molecule has 0 bridgehead atoms. The van der Waals surface area contributed by atoms with E-state index in [4.69, 9.17) is 14.2 Å². The smallest absolute Gasteiger partial charge is 0.440 e. The summed E-state index contributed by atoms with van der Waals surface area (Å²) in [4.78, 5) is 71.6. The van der Waals surface area contributed by atoms with Crippen molar-refractivity contribution in [1.29, 1.82) is 0 Å². The first-order valence-corrected chi connectivity index (χ1v) is 15.7. The molecule has 2 aromatic rings. The number of methoxy groups -OCH3 is 1. The third-order valence-corrected chi connectivity index (χ3v) is 7.20. The minimum atomic E-state index is -2.06. The van der Waals surface area contributed by atoms with E-state index in [1.54, 1.807) is 100 Å². The number of ether oxygens (including phenoxy) is 3. The quantitative estimate of drug-likeness (QED) is 0.177. The first kappa shape index (κ1) is 38.8. The van der Waals surface area contributed by atoms with Gasteiger partial charge in [-0.05, 0) is 114 Å². The van der Waals surface area contributed by atoms with E-state index in [1.165, 1.54) is 18.1 Å². The molecule has 1 atom stereocenters. The zero-order valence-electron chi connectivity index (χ0n) is 30.3. The van der Waals surface area contributed by atoms with Crippen molar-refractivity contribution >= 4 is 29.8 Å². The summed E-state index contributed by atoms with van der Waals surface area (Å²) in [6.45, 7) is 22.1. The van der Waals surface area contributed by atoms with Crippen molar-refractivity contribution in [2.45, 2.75) is 114 Å². The molecule has 11 nitrogen and oxygen atoms in total. The van der Waals surface area contributed by atoms with E-state index in [9.17, 15) is 24.0 Å². The van der Waals surface area contributed by atoms with Crippen LogP contribution in [0.15, 0.2) is 36.4 Å². The van der Waals surface area contributed by atoms with Crippen LogP contribution in [0.3, 0.4) is 0 Å².